The van der Waals surface area contributed by atoms with Gasteiger partial charge in [-0.15, -0.1) is 0 Å². The molecule has 0 aromatic heterocycles. The van der Waals surface area contributed by atoms with Crippen LogP contribution in [0.3, 0.4) is 0 Å². The van der Waals surface area contributed by atoms with Crippen LogP contribution in [0.1, 0.15) is 6.42 Å². The molecule has 0 radical (unpaired) electrons. The summed E-state index contributed by atoms with van der Waals surface area (Å²) >= 11 is 1.37. The van der Waals surface area contributed by atoms with Crippen molar-refractivity contribution in [3.8, 4) is 0 Å². The summed E-state index contributed by atoms with van der Waals surface area (Å²) in [7, 11) is 0. The van der Waals surface area contributed by atoms with E-state index in [2.05, 4.69) is 5.32 Å². The molecule has 0 spiro atoms. The highest BCUT2D eigenvalue weighted by atomic mass is 32.2. The van der Waals surface area contributed by atoms with Crippen molar-refractivity contribution in [3.05, 3.63) is 0 Å². The molecule has 1 N–H and O–H groups in total. The predicted molar refractivity (Wildman–Crippen MR) is 39.8 cm³/mol. The minimum atomic E-state index is -4.07. The number of alkyl halides is 3. The second kappa shape index (κ2) is 3.67. The minimum Gasteiger partial charge on any atom is -0.305 e. The normalized spacial score (nSPS) is 28.1. The van der Waals surface area contributed by atoms with E-state index in [-0.39, 0.29) is 5.75 Å². The third-order valence-corrected chi connectivity index (χ3v) is 2.68. The maximum atomic E-state index is 12.0. The number of nitrogens with one attached hydrogen (secondary N) is 1. The van der Waals surface area contributed by atoms with Crippen molar-refractivity contribution < 1.29 is 13.2 Å². The number of hydrogen-bond acceptors (Lipinski definition) is 2. The molecule has 1 fully saturated rings. The molecule has 0 aliphatic carbocycles. The molecule has 0 saturated carbocycles. The fraction of sp³-hybridized carbons (Fsp3) is 1.00. The molecule has 1 nitrogen and oxygen atoms in total. The van der Waals surface area contributed by atoms with Crippen LogP contribution in [0.15, 0.2) is 0 Å². The lowest BCUT2D eigenvalue weighted by Crippen LogP contribution is -2.43. The molecule has 5 heteroatoms. The molecule has 0 unspecified atom stereocenters. The predicted octanol–water partition coefficient (Wildman–Crippen LogP) is 1.64. The molecule has 1 aliphatic rings. The van der Waals surface area contributed by atoms with E-state index < -0.39 is 12.2 Å². The van der Waals surface area contributed by atoms with E-state index >= 15 is 0 Å². The topological polar surface area (TPSA) is 12.0 Å². The highest BCUT2D eigenvalue weighted by Gasteiger charge is 2.39. The summed E-state index contributed by atoms with van der Waals surface area (Å²) in [4.78, 5) is 0. The van der Waals surface area contributed by atoms with Crippen LogP contribution in [0, 0.1) is 0 Å². The van der Waals surface area contributed by atoms with E-state index in [0.29, 0.717) is 6.54 Å². The van der Waals surface area contributed by atoms with Gasteiger partial charge in [0.2, 0.25) is 0 Å². The molecular formula is C6H10F3NS. The first-order valence-corrected chi connectivity index (χ1v) is 4.64. The average molecular weight is 185 g/mol. The summed E-state index contributed by atoms with van der Waals surface area (Å²) in [6, 6.07) is -1.30. The lowest BCUT2D eigenvalue weighted by Gasteiger charge is -2.18. The maximum Gasteiger partial charge on any atom is 0.404 e. The van der Waals surface area contributed by atoms with Crippen molar-refractivity contribution in [2.45, 2.75) is 18.6 Å². The van der Waals surface area contributed by atoms with Gasteiger partial charge in [-0.25, -0.2) is 0 Å². The Kier molecular flexibility index (Phi) is 3.06. The van der Waals surface area contributed by atoms with Gasteiger partial charge < -0.3 is 5.32 Å². The third-order valence-electron chi connectivity index (χ3n) is 1.54. The van der Waals surface area contributed by atoms with E-state index in [1.807, 2.05) is 0 Å². The Morgan fingerprint density at radius 1 is 1.36 bits per heavy atom. The van der Waals surface area contributed by atoms with Gasteiger partial charge in [0.05, 0.1) is 0 Å². The Hall–Kier alpha value is 0.1000. The molecule has 1 heterocycles. The van der Waals surface area contributed by atoms with Crippen molar-refractivity contribution in [3.63, 3.8) is 0 Å². The lowest BCUT2D eigenvalue weighted by molar-refractivity contribution is -0.149. The van der Waals surface area contributed by atoms with Crippen LogP contribution >= 0.6 is 11.8 Å². The molecule has 66 valence electrons. The molecule has 1 aliphatic heterocycles. The van der Waals surface area contributed by atoms with E-state index in [9.17, 15) is 13.2 Å². The Labute approximate surface area is 67.7 Å². The number of hydrogen-bond donors (Lipinski definition) is 1. The fourth-order valence-corrected chi connectivity index (χ4v) is 1.98. The molecular weight excluding hydrogens is 175 g/mol. The molecule has 0 amide bonds. The highest BCUT2D eigenvalue weighted by molar-refractivity contribution is 7.99. The number of thioether (sulfide) groups is 1. The molecule has 0 aromatic carbocycles. The van der Waals surface area contributed by atoms with Gasteiger partial charge >= 0.3 is 6.18 Å². The smallest absolute Gasteiger partial charge is 0.305 e. The van der Waals surface area contributed by atoms with Crippen LogP contribution in [0.5, 0.6) is 0 Å². The fourth-order valence-electron chi connectivity index (χ4n) is 0.921. The third kappa shape index (κ3) is 2.91. The van der Waals surface area contributed by atoms with Gasteiger partial charge in [-0.2, -0.15) is 24.9 Å². The minimum absolute atomic E-state index is 0.156. The van der Waals surface area contributed by atoms with Gasteiger partial charge in [0.15, 0.2) is 0 Å². The zero-order valence-corrected chi connectivity index (χ0v) is 6.76. The summed E-state index contributed by atoms with van der Waals surface area (Å²) in [6.45, 7) is 0.483. The Morgan fingerprint density at radius 3 is 2.73 bits per heavy atom. The van der Waals surface area contributed by atoms with Crippen LogP contribution < -0.4 is 5.32 Å². The van der Waals surface area contributed by atoms with E-state index in [0.717, 1.165) is 12.2 Å². The van der Waals surface area contributed by atoms with E-state index in [1.54, 1.807) is 0 Å². The second-order valence-corrected chi connectivity index (χ2v) is 3.63. The lowest BCUT2D eigenvalue weighted by atomic mass is 10.3. The summed E-state index contributed by atoms with van der Waals surface area (Å²) in [5, 5.41) is 2.48. The van der Waals surface area contributed by atoms with Crippen LogP contribution in [0.4, 0.5) is 13.2 Å². The first-order valence-electron chi connectivity index (χ1n) is 3.48. The van der Waals surface area contributed by atoms with Gasteiger partial charge in [0.25, 0.3) is 0 Å². The highest BCUT2D eigenvalue weighted by Crippen LogP contribution is 2.24. The van der Waals surface area contributed by atoms with Crippen LogP contribution in [-0.2, 0) is 0 Å². The molecule has 11 heavy (non-hydrogen) atoms. The van der Waals surface area contributed by atoms with Crippen LogP contribution in [0.2, 0.25) is 0 Å². The molecule has 1 atom stereocenters. The van der Waals surface area contributed by atoms with Gasteiger partial charge in [0.1, 0.15) is 6.04 Å². The van der Waals surface area contributed by atoms with E-state index in [4.69, 9.17) is 0 Å². The summed E-state index contributed by atoms with van der Waals surface area (Å²) < 4.78 is 36.1. The molecule has 0 bridgehead atoms. The van der Waals surface area contributed by atoms with Gasteiger partial charge in [0, 0.05) is 5.75 Å². The van der Waals surface area contributed by atoms with Crippen LogP contribution in [0.25, 0.3) is 0 Å². The standard InChI is InChI=1S/C6H10F3NS/c7-6(8,9)5-4-11-3-1-2-10-5/h5,10H,1-4H2/t5-/m0/s1. The molecule has 1 rings (SSSR count). The van der Waals surface area contributed by atoms with Gasteiger partial charge in [-0.05, 0) is 18.7 Å². The van der Waals surface area contributed by atoms with Gasteiger partial charge in [-0.1, -0.05) is 0 Å². The van der Waals surface area contributed by atoms with Crippen LogP contribution in [-0.4, -0.2) is 30.3 Å². The van der Waals surface area contributed by atoms with E-state index in [1.165, 1.54) is 11.8 Å². The summed E-state index contributed by atoms with van der Waals surface area (Å²) in [6.07, 6.45) is -3.24. The first kappa shape index (κ1) is 9.19. The Bertz CT molecular complexity index is 117. The molecule has 0 aromatic rings. The zero-order valence-electron chi connectivity index (χ0n) is 5.95. The molecule has 1 saturated heterocycles. The summed E-state index contributed by atoms with van der Waals surface area (Å²) in [5.74, 6) is 0.989. The van der Waals surface area contributed by atoms with Crippen molar-refractivity contribution in [2.24, 2.45) is 0 Å². The first-order chi connectivity index (χ1) is 5.11. The van der Waals surface area contributed by atoms with Crippen molar-refractivity contribution in [2.75, 3.05) is 18.1 Å². The number of rotatable bonds is 0. The van der Waals surface area contributed by atoms with Crippen molar-refractivity contribution >= 4 is 11.8 Å². The zero-order chi connectivity index (χ0) is 8.32. The largest absolute Gasteiger partial charge is 0.404 e. The monoisotopic (exact) mass is 185 g/mol. The summed E-state index contributed by atoms with van der Waals surface area (Å²) in [5.41, 5.74) is 0. The quantitative estimate of drug-likeness (QED) is 0.615. The Morgan fingerprint density at radius 2 is 2.09 bits per heavy atom. The SMILES string of the molecule is FC(F)(F)[C@@H]1CSCCCN1. The average Bonchev–Trinajstić information content (AvgIpc) is 2.10. The maximum absolute atomic E-state index is 12.0. The number of halogens is 3. The van der Waals surface area contributed by atoms with Crippen molar-refractivity contribution in [1.29, 1.82) is 0 Å². The second-order valence-electron chi connectivity index (χ2n) is 2.48. The van der Waals surface area contributed by atoms with Gasteiger partial charge in [-0.3, -0.25) is 0 Å². The van der Waals surface area contributed by atoms with Crippen molar-refractivity contribution in [1.82, 2.24) is 5.32 Å². The Balaban J connectivity index is 2.43.